The minimum absolute atomic E-state index is 0.0134. The number of pyridine rings is 1. The van der Waals surface area contributed by atoms with Gasteiger partial charge in [-0.2, -0.15) is 0 Å². The summed E-state index contributed by atoms with van der Waals surface area (Å²) in [6.07, 6.45) is 1.69. The van der Waals surface area contributed by atoms with Gasteiger partial charge in [0.05, 0.1) is 17.7 Å². The Morgan fingerprint density at radius 2 is 2.30 bits per heavy atom. The zero-order valence-electron chi connectivity index (χ0n) is 15.8. The number of hydrogen-bond donors (Lipinski definition) is 1. The molecule has 1 saturated heterocycles. The van der Waals surface area contributed by atoms with E-state index in [1.54, 1.807) is 18.3 Å². The van der Waals surface area contributed by atoms with Crippen molar-refractivity contribution in [3.05, 3.63) is 35.5 Å². The summed E-state index contributed by atoms with van der Waals surface area (Å²) in [5.41, 5.74) is 0.651. The van der Waals surface area contributed by atoms with E-state index in [1.807, 2.05) is 12.1 Å². The Hall–Kier alpha value is -1.89. The van der Waals surface area contributed by atoms with Crippen LogP contribution in [0.25, 0.3) is 10.9 Å². The smallest absolute Gasteiger partial charge is 0.258 e. The largest absolute Gasteiger partial charge is 0.481 e. The number of rotatable bonds is 7. The molecule has 2 aromatic rings. The van der Waals surface area contributed by atoms with Crippen molar-refractivity contribution < 1.29 is 14.3 Å². The number of fused-ring (bicyclic) bond motifs is 1. The van der Waals surface area contributed by atoms with Gasteiger partial charge in [-0.15, -0.1) is 0 Å². The fourth-order valence-electron chi connectivity index (χ4n) is 3.24. The summed E-state index contributed by atoms with van der Waals surface area (Å²) in [5.74, 6) is 0.982. The lowest BCUT2D eigenvalue weighted by molar-refractivity contribution is -0.124. The van der Waals surface area contributed by atoms with Crippen molar-refractivity contribution in [1.82, 2.24) is 15.2 Å². The van der Waals surface area contributed by atoms with Crippen LogP contribution in [0.1, 0.15) is 13.8 Å². The lowest BCUT2D eigenvalue weighted by Crippen LogP contribution is -2.48. The van der Waals surface area contributed by atoms with Crippen molar-refractivity contribution in [2.75, 3.05) is 39.4 Å². The number of carbonyl (C=O) groups excluding carboxylic acids is 1. The van der Waals surface area contributed by atoms with Crippen LogP contribution in [0.2, 0.25) is 5.02 Å². The van der Waals surface area contributed by atoms with Gasteiger partial charge in [-0.1, -0.05) is 25.4 Å². The molecule has 1 aromatic heterocycles. The van der Waals surface area contributed by atoms with Crippen LogP contribution in [-0.2, 0) is 9.53 Å². The summed E-state index contributed by atoms with van der Waals surface area (Å²) in [5, 5.41) is 4.30. The lowest BCUT2D eigenvalue weighted by atomic mass is 10.2. The van der Waals surface area contributed by atoms with Gasteiger partial charge in [0.1, 0.15) is 11.3 Å². The Morgan fingerprint density at radius 1 is 1.44 bits per heavy atom. The number of ether oxygens (including phenoxy) is 2. The van der Waals surface area contributed by atoms with Crippen molar-refractivity contribution in [3.63, 3.8) is 0 Å². The highest BCUT2D eigenvalue weighted by atomic mass is 35.5. The number of carbonyl (C=O) groups is 1. The highest BCUT2D eigenvalue weighted by Crippen LogP contribution is 2.29. The molecule has 0 bridgehead atoms. The molecule has 1 fully saturated rings. The Labute approximate surface area is 164 Å². The van der Waals surface area contributed by atoms with Gasteiger partial charge in [-0.05, 0) is 30.2 Å². The Kier molecular flexibility index (Phi) is 6.88. The quantitative estimate of drug-likeness (QED) is 0.786. The van der Waals surface area contributed by atoms with E-state index in [2.05, 4.69) is 29.0 Å². The molecule has 7 heteroatoms. The molecule has 146 valence electrons. The fraction of sp³-hybridized carbons (Fsp3) is 0.500. The molecule has 1 aliphatic rings. The molecule has 27 heavy (non-hydrogen) atoms. The van der Waals surface area contributed by atoms with Crippen molar-refractivity contribution in [2.24, 2.45) is 5.92 Å². The molecule has 6 nitrogen and oxygen atoms in total. The van der Waals surface area contributed by atoms with Crippen LogP contribution < -0.4 is 10.1 Å². The van der Waals surface area contributed by atoms with E-state index >= 15 is 0 Å². The van der Waals surface area contributed by atoms with Crippen LogP contribution >= 0.6 is 11.6 Å². The number of nitrogens with one attached hydrogen (secondary N) is 1. The third-order valence-corrected chi connectivity index (χ3v) is 4.74. The summed E-state index contributed by atoms with van der Waals surface area (Å²) >= 11 is 6.18. The number of nitrogens with zero attached hydrogens (tertiary/aromatic N) is 2. The van der Waals surface area contributed by atoms with Gasteiger partial charge in [-0.3, -0.25) is 14.7 Å². The van der Waals surface area contributed by atoms with Crippen molar-refractivity contribution in [1.29, 1.82) is 0 Å². The number of morpholine rings is 1. The first-order chi connectivity index (χ1) is 13.0. The zero-order valence-corrected chi connectivity index (χ0v) is 16.5. The van der Waals surface area contributed by atoms with Gasteiger partial charge in [0.2, 0.25) is 0 Å². The molecule has 1 aliphatic heterocycles. The first kappa shape index (κ1) is 19.9. The molecule has 1 N–H and O–H groups in total. The maximum absolute atomic E-state index is 12.2. The summed E-state index contributed by atoms with van der Waals surface area (Å²) in [6, 6.07) is 7.18. The molecule has 0 radical (unpaired) electrons. The van der Waals surface area contributed by atoms with Gasteiger partial charge in [0.25, 0.3) is 5.91 Å². The van der Waals surface area contributed by atoms with E-state index < -0.39 is 0 Å². The Balaban J connectivity index is 1.48. The van der Waals surface area contributed by atoms with Crippen molar-refractivity contribution in [2.45, 2.75) is 20.0 Å². The molecule has 0 saturated carbocycles. The third-order valence-electron chi connectivity index (χ3n) is 4.41. The number of aromatic nitrogens is 1. The number of amides is 1. The van der Waals surface area contributed by atoms with Crippen LogP contribution in [0.3, 0.4) is 0 Å². The van der Waals surface area contributed by atoms with Gasteiger partial charge in [0, 0.05) is 37.8 Å². The van der Waals surface area contributed by atoms with Gasteiger partial charge in [0.15, 0.2) is 6.61 Å². The highest BCUT2D eigenvalue weighted by Gasteiger charge is 2.21. The van der Waals surface area contributed by atoms with E-state index in [1.165, 1.54) is 0 Å². The van der Waals surface area contributed by atoms with Gasteiger partial charge < -0.3 is 14.8 Å². The molecule has 0 spiro atoms. The summed E-state index contributed by atoms with van der Waals surface area (Å²) in [7, 11) is 0. The predicted octanol–water partition coefficient (Wildman–Crippen LogP) is 2.74. The molecule has 0 unspecified atom stereocenters. The van der Waals surface area contributed by atoms with Crippen LogP contribution in [0.4, 0.5) is 0 Å². The summed E-state index contributed by atoms with van der Waals surface area (Å²) in [6.45, 7) is 8.36. The molecule has 1 aromatic carbocycles. The maximum Gasteiger partial charge on any atom is 0.258 e. The van der Waals surface area contributed by atoms with Crippen LogP contribution in [-0.4, -0.2) is 61.3 Å². The highest BCUT2D eigenvalue weighted by molar-refractivity contribution is 6.35. The Bertz CT molecular complexity index is 784. The van der Waals surface area contributed by atoms with Crippen LogP contribution in [0.5, 0.6) is 5.75 Å². The first-order valence-electron chi connectivity index (χ1n) is 9.29. The molecular weight excluding hydrogens is 366 g/mol. The number of benzene rings is 1. The molecule has 1 atom stereocenters. The fourth-order valence-corrected chi connectivity index (χ4v) is 3.45. The van der Waals surface area contributed by atoms with Crippen molar-refractivity contribution >= 4 is 28.4 Å². The standard InChI is InChI=1S/C20H26ClN3O3/c1-14(2)11-24-8-9-26-15(12-24)10-23-19(25)13-27-18-6-5-17(21)16-4-3-7-22-20(16)18/h3-7,14-15H,8-13H2,1-2H3,(H,23,25)/t15-/m1/s1. The normalized spacial score (nSPS) is 18.0. The SMILES string of the molecule is CC(C)CN1CCO[C@H](CNC(=O)COc2ccc(Cl)c3cccnc23)C1. The Morgan fingerprint density at radius 3 is 3.11 bits per heavy atom. The first-order valence-corrected chi connectivity index (χ1v) is 9.67. The summed E-state index contributed by atoms with van der Waals surface area (Å²) < 4.78 is 11.4. The molecule has 2 heterocycles. The number of halogens is 1. The van der Waals surface area contributed by atoms with E-state index in [0.717, 1.165) is 25.0 Å². The summed E-state index contributed by atoms with van der Waals surface area (Å²) in [4.78, 5) is 18.9. The molecule has 1 amide bonds. The van der Waals surface area contributed by atoms with E-state index in [0.29, 0.717) is 35.4 Å². The predicted molar refractivity (Wildman–Crippen MR) is 106 cm³/mol. The average Bonchev–Trinajstić information content (AvgIpc) is 2.66. The minimum atomic E-state index is -0.182. The topological polar surface area (TPSA) is 63.7 Å². The lowest BCUT2D eigenvalue weighted by Gasteiger charge is -2.33. The van der Waals surface area contributed by atoms with E-state index in [9.17, 15) is 4.79 Å². The average molecular weight is 392 g/mol. The van der Waals surface area contributed by atoms with Gasteiger partial charge in [-0.25, -0.2) is 0 Å². The van der Waals surface area contributed by atoms with Gasteiger partial charge >= 0.3 is 0 Å². The van der Waals surface area contributed by atoms with E-state index in [4.69, 9.17) is 21.1 Å². The third kappa shape index (κ3) is 5.54. The maximum atomic E-state index is 12.2. The number of hydrogen-bond acceptors (Lipinski definition) is 5. The molecular formula is C20H26ClN3O3. The second kappa shape index (κ2) is 9.35. The second-order valence-electron chi connectivity index (χ2n) is 7.18. The molecule has 3 rings (SSSR count). The molecule has 0 aliphatic carbocycles. The monoisotopic (exact) mass is 391 g/mol. The zero-order chi connectivity index (χ0) is 19.2. The van der Waals surface area contributed by atoms with Crippen LogP contribution in [0.15, 0.2) is 30.5 Å². The second-order valence-corrected chi connectivity index (χ2v) is 7.59. The van der Waals surface area contributed by atoms with Crippen molar-refractivity contribution in [3.8, 4) is 5.75 Å². The van der Waals surface area contributed by atoms with Crippen LogP contribution in [0, 0.1) is 5.92 Å². The van der Waals surface area contributed by atoms with E-state index in [-0.39, 0.29) is 18.6 Å². The minimum Gasteiger partial charge on any atom is -0.481 e.